The number of methoxy groups -OCH3 is 1. The molecular formula is C26H19BrClFN4O4. The Kier molecular flexibility index (Phi) is 6.70. The first-order valence-electron chi connectivity index (χ1n) is 11.1. The summed E-state index contributed by atoms with van der Waals surface area (Å²) in [6.45, 7) is 0. The fourth-order valence-electron chi connectivity index (χ4n) is 3.76. The molecule has 4 aromatic rings. The van der Waals surface area contributed by atoms with Crippen LogP contribution in [0.15, 0.2) is 65.4 Å². The molecule has 2 aromatic heterocycles. The molecule has 37 heavy (non-hydrogen) atoms. The molecule has 11 heteroatoms. The summed E-state index contributed by atoms with van der Waals surface area (Å²) in [7, 11) is 1.57. The smallest absolute Gasteiger partial charge is 0.240 e. The van der Waals surface area contributed by atoms with Gasteiger partial charge in [0, 0.05) is 23.3 Å². The third-order valence-corrected chi connectivity index (χ3v) is 6.86. The molecule has 1 saturated carbocycles. The van der Waals surface area contributed by atoms with Crippen molar-refractivity contribution in [3.05, 3.63) is 76.2 Å². The van der Waals surface area contributed by atoms with Crippen molar-refractivity contribution in [2.24, 2.45) is 5.41 Å². The second-order valence-electron chi connectivity index (χ2n) is 8.42. The lowest BCUT2D eigenvalue weighted by Crippen LogP contribution is -2.35. The number of hydrogen-bond donors (Lipinski definition) is 2. The first kappa shape index (κ1) is 24.9. The van der Waals surface area contributed by atoms with Crippen LogP contribution in [0.4, 0.5) is 15.8 Å². The van der Waals surface area contributed by atoms with Gasteiger partial charge in [0.25, 0.3) is 0 Å². The fraction of sp³-hybridized carbons (Fsp3) is 0.154. The van der Waals surface area contributed by atoms with Crippen LogP contribution < -0.4 is 20.1 Å². The van der Waals surface area contributed by atoms with Gasteiger partial charge in [-0.3, -0.25) is 14.6 Å². The summed E-state index contributed by atoms with van der Waals surface area (Å²) in [6, 6.07) is 12.1. The zero-order valence-corrected chi connectivity index (χ0v) is 21.7. The largest absolute Gasteiger partial charge is 0.495 e. The van der Waals surface area contributed by atoms with Crippen molar-refractivity contribution in [2.45, 2.75) is 12.8 Å². The van der Waals surface area contributed by atoms with Gasteiger partial charge in [0.05, 0.1) is 29.0 Å². The maximum Gasteiger partial charge on any atom is 0.240 e. The van der Waals surface area contributed by atoms with E-state index in [1.54, 1.807) is 25.4 Å². The van der Waals surface area contributed by atoms with E-state index in [9.17, 15) is 14.0 Å². The number of nitrogens with one attached hydrogen (secondary N) is 2. The fourth-order valence-corrected chi connectivity index (χ4v) is 4.47. The first-order valence-corrected chi connectivity index (χ1v) is 12.3. The zero-order valence-electron chi connectivity index (χ0n) is 19.3. The van der Waals surface area contributed by atoms with Crippen LogP contribution in [-0.2, 0) is 9.59 Å². The standard InChI is InChI=1S/C26H19BrClFN4O4/c1-36-22-12-20-17(11-18(22)27)21(6-9-30-20)37-23-19(28)10-16(13-31-23)33-25(35)26(7-8-26)24(34)32-15-4-2-14(29)3-5-15/h2-6,9-13H,7-8H2,1H3,(H,32,34)(H,33,35). The Hall–Kier alpha value is -3.76. The molecule has 0 unspecified atom stereocenters. The molecule has 0 aliphatic heterocycles. The van der Waals surface area contributed by atoms with Crippen molar-refractivity contribution in [2.75, 3.05) is 17.7 Å². The summed E-state index contributed by atoms with van der Waals surface area (Å²) in [6.07, 6.45) is 3.78. The number of aromatic nitrogens is 2. The van der Waals surface area contributed by atoms with Gasteiger partial charge < -0.3 is 20.1 Å². The molecule has 2 amide bonds. The van der Waals surface area contributed by atoms with Gasteiger partial charge in [-0.2, -0.15) is 0 Å². The Balaban J connectivity index is 1.30. The molecule has 1 fully saturated rings. The van der Waals surface area contributed by atoms with Crippen molar-refractivity contribution in [3.8, 4) is 17.4 Å². The van der Waals surface area contributed by atoms with Crippen molar-refractivity contribution in [1.82, 2.24) is 9.97 Å². The van der Waals surface area contributed by atoms with Crippen LogP contribution >= 0.6 is 27.5 Å². The lowest BCUT2D eigenvalue weighted by atomic mass is 10.0. The summed E-state index contributed by atoms with van der Waals surface area (Å²) in [5.74, 6) is -0.101. The second-order valence-corrected chi connectivity index (χ2v) is 9.68. The molecule has 2 N–H and O–H groups in total. The number of amides is 2. The molecule has 188 valence electrons. The highest BCUT2D eigenvalue weighted by Gasteiger charge is 2.56. The number of carbonyl (C=O) groups is 2. The van der Waals surface area contributed by atoms with Crippen LogP contribution in [0.2, 0.25) is 5.02 Å². The van der Waals surface area contributed by atoms with Crippen molar-refractivity contribution in [1.29, 1.82) is 0 Å². The Morgan fingerprint density at radius 1 is 1.00 bits per heavy atom. The summed E-state index contributed by atoms with van der Waals surface area (Å²) in [5.41, 5.74) is 0.174. The maximum absolute atomic E-state index is 13.1. The molecule has 0 saturated heterocycles. The summed E-state index contributed by atoms with van der Waals surface area (Å²) < 4.78 is 25.1. The average molecular weight is 586 g/mol. The summed E-state index contributed by atoms with van der Waals surface area (Å²) in [5, 5.41) is 6.26. The molecule has 5 rings (SSSR count). The van der Waals surface area contributed by atoms with Gasteiger partial charge in [0.1, 0.15) is 27.8 Å². The number of pyridine rings is 2. The minimum atomic E-state index is -1.21. The monoisotopic (exact) mass is 584 g/mol. The lowest BCUT2D eigenvalue weighted by molar-refractivity contribution is -0.131. The van der Waals surface area contributed by atoms with Crippen LogP contribution in [0.3, 0.4) is 0 Å². The van der Waals surface area contributed by atoms with E-state index in [1.165, 1.54) is 36.5 Å². The van der Waals surface area contributed by atoms with E-state index in [0.717, 1.165) is 4.47 Å². The van der Waals surface area contributed by atoms with Gasteiger partial charge in [0.2, 0.25) is 17.7 Å². The molecular weight excluding hydrogens is 567 g/mol. The van der Waals surface area contributed by atoms with Crippen LogP contribution in [0.25, 0.3) is 10.9 Å². The summed E-state index contributed by atoms with van der Waals surface area (Å²) >= 11 is 9.87. The van der Waals surface area contributed by atoms with Gasteiger partial charge >= 0.3 is 0 Å². The highest BCUT2D eigenvalue weighted by atomic mass is 79.9. The van der Waals surface area contributed by atoms with Crippen molar-refractivity contribution >= 4 is 61.6 Å². The Bertz CT molecular complexity index is 1530. The average Bonchev–Trinajstić information content (AvgIpc) is 3.69. The van der Waals surface area contributed by atoms with E-state index in [0.29, 0.717) is 46.6 Å². The first-order chi connectivity index (χ1) is 17.8. The zero-order chi connectivity index (χ0) is 26.2. The predicted octanol–water partition coefficient (Wildman–Crippen LogP) is 6.34. The van der Waals surface area contributed by atoms with Gasteiger partial charge in [0.15, 0.2) is 0 Å². The number of fused-ring (bicyclic) bond motifs is 1. The Morgan fingerprint density at radius 2 is 1.70 bits per heavy atom. The quantitative estimate of drug-likeness (QED) is 0.245. The molecule has 0 bridgehead atoms. The van der Waals surface area contributed by atoms with Gasteiger partial charge in [-0.1, -0.05) is 11.6 Å². The molecule has 0 atom stereocenters. The number of nitrogens with zero attached hydrogens (tertiary/aromatic N) is 2. The van der Waals surface area contributed by atoms with Gasteiger partial charge in [-0.05, 0) is 71.2 Å². The minimum absolute atomic E-state index is 0.134. The third-order valence-electron chi connectivity index (χ3n) is 5.97. The van der Waals surface area contributed by atoms with E-state index in [2.05, 4.69) is 36.5 Å². The van der Waals surface area contributed by atoms with Crippen LogP contribution in [0.5, 0.6) is 17.4 Å². The molecule has 2 aromatic carbocycles. The molecule has 0 radical (unpaired) electrons. The van der Waals surface area contributed by atoms with Crippen LogP contribution in [0.1, 0.15) is 12.8 Å². The molecule has 8 nitrogen and oxygen atoms in total. The maximum atomic E-state index is 13.1. The number of ether oxygens (including phenoxy) is 2. The van der Waals surface area contributed by atoms with E-state index < -0.39 is 23.0 Å². The number of rotatable bonds is 7. The third kappa shape index (κ3) is 5.07. The highest BCUT2D eigenvalue weighted by molar-refractivity contribution is 9.10. The van der Waals surface area contributed by atoms with E-state index >= 15 is 0 Å². The Labute approximate surface area is 224 Å². The normalized spacial score (nSPS) is 13.6. The lowest BCUT2D eigenvalue weighted by Gasteiger charge is -2.16. The highest BCUT2D eigenvalue weighted by Crippen LogP contribution is 2.47. The Morgan fingerprint density at radius 3 is 2.35 bits per heavy atom. The molecule has 2 heterocycles. The number of halogens is 3. The second kappa shape index (κ2) is 9.95. The van der Waals surface area contributed by atoms with E-state index in [-0.39, 0.29) is 10.9 Å². The molecule has 1 aliphatic carbocycles. The number of carbonyl (C=O) groups excluding carboxylic acids is 2. The SMILES string of the molecule is COc1cc2nccc(Oc3ncc(NC(=O)C4(C(=O)Nc5ccc(F)cc5)CC4)cc3Cl)c2cc1Br. The van der Waals surface area contributed by atoms with Crippen molar-refractivity contribution in [3.63, 3.8) is 0 Å². The topological polar surface area (TPSA) is 102 Å². The minimum Gasteiger partial charge on any atom is -0.495 e. The van der Waals surface area contributed by atoms with E-state index in [4.69, 9.17) is 21.1 Å². The van der Waals surface area contributed by atoms with Crippen LogP contribution in [-0.4, -0.2) is 28.9 Å². The van der Waals surface area contributed by atoms with Crippen molar-refractivity contribution < 1.29 is 23.5 Å². The number of hydrogen-bond acceptors (Lipinski definition) is 6. The summed E-state index contributed by atoms with van der Waals surface area (Å²) in [4.78, 5) is 34.3. The predicted molar refractivity (Wildman–Crippen MR) is 141 cm³/mol. The van der Waals surface area contributed by atoms with Crippen LogP contribution in [0, 0.1) is 11.2 Å². The van der Waals surface area contributed by atoms with Gasteiger partial charge in [-0.25, -0.2) is 9.37 Å². The van der Waals surface area contributed by atoms with E-state index in [1.807, 2.05) is 6.07 Å². The van der Waals surface area contributed by atoms with Gasteiger partial charge in [-0.15, -0.1) is 0 Å². The number of benzene rings is 2. The molecule has 0 spiro atoms. The number of anilines is 2. The molecule has 1 aliphatic rings.